The topological polar surface area (TPSA) is 43.8 Å². The van der Waals surface area contributed by atoms with Crippen LogP contribution in [0.5, 0.6) is 0 Å². The van der Waals surface area contributed by atoms with Gasteiger partial charge in [-0.15, -0.1) is 0 Å². The molecule has 3 nitrogen and oxygen atoms in total. The molecule has 1 heterocycles. The maximum atomic E-state index is 6.31. The minimum absolute atomic E-state index is 0.0588. The van der Waals surface area contributed by atoms with E-state index in [4.69, 9.17) is 10.7 Å². The van der Waals surface area contributed by atoms with Gasteiger partial charge in [0.2, 0.25) is 0 Å². The van der Waals surface area contributed by atoms with Gasteiger partial charge in [-0.1, -0.05) is 25.3 Å². The highest BCUT2D eigenvalue weighted by atomic mass is 15.1. The molecule has 0 aliphatic heterocycles. The zero-order chi connectivity index (χ0) is 13.7. The van der Waals surface area contributed by atoms with Gasteiger partial charge in [-0.05, 0) is 43.4 Å². The fourth-order valence-corrected chi connectivity index (χ4v) is 3.68. The summed E-state index contributed by atoms with van der Waals surface area (Å²) in [4.78, 5) is 4.95. The van der Waals surface area contributed by atoms with Crippen molar-refractivity contribution >= 4 is 11.0 Å². The lowest BCUT2D eigenvalue weighted by Gasteiger charge is -2.20. The molecule has 2 N–H and O–H groups in total. The summed E-state index contributed by atoms with van der Waals surface area (Å²) in [5, 5.41) is 0. The Morgan fingerprint density at radius 2 is 1.95 bits per heavy atom. The molecule has 20 heavy (non-hydrogen) atoms. The highest BCUT2D eigenvalue weighted by Crippen LogP contribution is 2.43. The fourth-order valence-electron chi connectivity index (χ4n) is 3.68. The molecule has 4 rings (SSSR count). The number of nitrogens with two attached hydrogens (primary N) is 1. The van der Waals surface area contributed by atoms with Gasteiger partial charge in [0.15, 0.2) is 0 Å². The minimum atomic E-state index is -0.0588. The van der Waals surface area contributed by atoms with Crippen LogP contribution >= 0.6 is 0 Å². The van der Waals surface area contributed by atoms with Crippen LogP contribution in [0.3, 0.4) is 0 Å². The van der Waals surface area contributed by atoms with Crippen LogP contribution in [0, 0.1) is 0 Å². The van der Waals surface area contributed by atoms with E-state index in [2.05, 4.69) is 29.8 Å². The van der Waals surface area contributed by atoms with Crippen LogP contribution in [0.25, 0.3) is 11.0 Å². The molecule has 2 fully saturated rings. The zero-order valence-electron chi connectivity index (χ0n) is 12.2. The summed E-state index contributed by atoms with van der Waals surface area (Å²) >= 11 is 0. The Balaban J connectivity index is 1.77. The molecule has 0 saturated heterocycles. The highest BCUT2D eigenvalue weighted by Gasteiger charge is 2.40. The summed E-state index contributed by atoms with van der Waals surface area (Å²) in [6.45, 7) is 0. The van der Waals surface area contributed by atoms with Crippen molar-refractivity contribution in [3.05, 3.63) is 29.6 Å². The number of nitrogens with zero attached hydrogens (tertiary/aromatic N) is 2. The van der Waals surface area contributed by atoms with E-state index < -0.39 is 0 Å². The van der Waals surface area contributed by atoms with E-state index >= 15 is 0 Å². The SMILES string of the molecule is Cn1c(C2CCCCC2)nc2cc(C3(N)CC3)ccc21. The van der Waals surface area contributed by atoms with Gasteiger partial charge in [0, 0.05) is 18.5 Å². The van der Waals surface area contributed by atoms with Crippen molar-refractivity contribution in [1.82, 2.24) is 9.55 Å². The van der Waals surface area contributed by atoms with E-state index in [9.17, 15) is 0 Å². The molecule has 0 amide bonds. The molecule has 1 aromatic carbocycles. The molecule has 1 aromatic heterocycles. The van der Waals surface area contributed by atoms with Crippen molar-refractivity contribution in [1.29, 1.82) is 0 Å². The Kier molecular flexibility index (Phi) is 2.68. The number of hydrogen-bond donors (Lipinski definition) is 1. The lowest BCUT2D eigenvalue weighted by molar-refractivity contribution is 0.423. The third-order valence-electron chi connectivity index (χ3n) is 5.25. The van der Waals surface area contributed by atoms with E-state index in [0.29, 0.717) is 5.92 Å². The normalized spacial score (nSPS) is 22.3. The van der Waals surface area contributed by atoms with Crippen molar-refractivity contribution in [2.75, 3.05) is 0 Å². The van der Waals surface area contributed by atoms with Crippen LogP contribution < -0.4 is 5.73 Å². The van der Waals surface area contributed by atoms with Gasteiger partial charge in [-0.3, -0.25) is 0 Å². The number of benzene rings is 1. The van der Waals surface area contributed by atoms with Crippen LogP contribution in [-0.4, -0.2) is 9.55 Å². The average molecular weight is 269 g/mol. The first-order valence-electron chi connectivity index (χ1n) is 7.93. The molecule has 2 saturated carbocycles. The molecular formula is C17H23N3. The van der Waals surface area contributed by atoms with E-state index in [0.717, 1.165) is 18.4 Å². The summed E-state index contributed by atoms with van der Waals surface area (Å²) < 4.78 is 2.30. The smallest absolute Gasteiger partial charge is 0.112 e. The molecule has 2 aliphatic carbocycles. The maximum absolute atomic E-state index is 6.31. The predicted molar refractivity (Wildman–Crippen MR) is 81.6 cm³/mol. The third kappa shape index (κ3) is 1.87. The van der Waals surface area contributed by atoms with Crippen molar-refractivity contribution in [3.63, 3.8) is 0 Å². The quantitative estimate of drug-likeness (QED) is 0.905. The molecule has 0 spiro atoms. The summed E-state index contributed by atoms with van der Waals surface area (Å²) in [6, 6.07) is 6.62. The number of aryl methyl sites for hydroxylation is 1. The number of hydrogen-bond acceptors (Lipinski definition) is 2. The van der Waals surface area contributed by atoms with Crippen LogP contribution in [0.15, 0.2) is 18.2 Å². The standard InChI is InChI=1S/C17H23N3/c1-20-15-8-7-13(17(18)9-10-17)11-14(15)19-16(20)12-5-3-2-4-6-12/h7-8,11-12H,2-6,9-10,18H2,1H3. The zero-order valence-corrected chi connectivity index (χ0v) is 12.2. The fraction of sp³-hybridized carbons (Fsp3) is 0.588. The largest absolute Gasteiger partial charge is 0.331 e. The summed E-state index contributed by atoms with van der Waals surface area (Å²) in [6.07, 6.45) is 8.91. The Hall–Kier alpha value is -1.35. The van der Waals surface area contributed by atoms with Crippen molar-refractivity contribution in [3.8, 4) is 0 Å². The second-order valence-corrected chi connectivity index (χ2v) is 6.72. The summed E-state index contributed by atoms with van der Waals surface area (Å²) in [7, 11) is 2.16. The number of aromatic nitrogens is 2. The molecular weight excluding hydrogens is 246 g/mol. The van der Waals surface area contributed by atoms with Crippen LogP contribution in [0.4, 0.5) is 0 Å². The second-order valence-electron chi connectivity index (χ2n) is 6.72. The van der Waals surface area contributed by atoms with Crippen molar-refractivity contribution < 1.29 is 0 Å². The van der Waals surface area contributed by atoms with Crippen LogP contribution in [-0.2, 0) is 12.6 Å². The van der Waals surface area contributed by atoms with E-state index in [-0.39, 0.29) is 5.54 Å². The molecule has 0 unspecified atom stereocenters. The van der Waals surface area contributed by atoms with Gasteiger partial charge in [-0.2, -0.15) is 0 Å². The Bertz CT molecular complexity index is 646. The van der Waals surface area contributed by atoms with Gasteiger partial charge in [0.1, 0.15) is 5.82 Å². The van der Waals surface area contributed by atoms with Crippen molar-refractivity contribution in [2.24, 2.45) is 12.8 Å². The second kappa shape index (κ2) is 4.32. The van der Waals surface area contributed by atoms with Gasteiger partial charge >= 0.3 is 0 Å². The molecule has 0 atom stereocenters. The van der Waals surface area contributed by atoms with Gasteiger partial charge in [0.05, 0.1) is 11.0 Å². The van der Waals surface area contributed by atoms with Crippen LogP contribution in [0.2, 0.25) is 0 Å². The van der Waals surface area contributed by atoms with Crippen molar-refractivity contribution in [2.45, 2.75) is 56.4 Å². The van der Waals surface area contributed by atoms with E-state index in [1.165, 1.54) is 49.0 Å². The first-order chi connectivity index (χ1) is 9.67. The molecule has 2 aliphatic rings. The molecule has 3 heteroatoms. The van der Waals surface area contributed by atoms with Crippen LogP contribution in [0.1, 0.15) is 62.3 Å². The molecule has 106 valence electrons. The third-order valence-corrected chi connectivity index (χ3v) is 5.25. The highest BCUT2D eigenvalue weighted by molar-refractivity contribution is 5.77. The first kappa shape index (κ1) is 12.4. The Morgan fingerprint density at radius 1 is 1.20 bits per heavy atom. The lowest BCUT2D eigenvalue weighted by Crippen LogP contribution is -2.18. The van der Waals surface area contributed by atoms with Gasteiger partial charge in [-0.25, -0.2) is 4.98 Å². The van der Waals surface area contributed by atoms with E-state index in [1.54, 1.807) is 0 Å². The molecule has 0 radical (unpaired) electrons. The average Bonchev–Trinajstić information content (AvgIpc) is 3.15. The Morgan fingerprint density at radius 3 is 2.65 bits per heavy atom. The first-order valence-corrected chi connectivity index (χ1v) is 7.93. The number of fused-ring (bicyclic) bond motifs is 1. The molecule has 2 aromatic rings. The lowest BCUT2D eigenvalue weighted by atomic mass is 9.89. The summed E-state index contributed by atoms with van der Waals surface area (Å²) in [5.74, 6) is 1.93. The number of rotatable bonds is 2. The van der Waals surface area contributed by atoms with Gasteiger partial charge < -0.3 is 10.3 Å². The number of imidazole rings is 1. The Labute approximate surface area is 120 Å². The molecule has 0 bridgehead atoms. The predicted octanol–water partition coefficient (Wildman–Crippen LogP) is 3.57. The van der Waals surface area contributed by atoms with E-state index in [1.807, 2.05) is 0 Å². The summed E-state index contributed by atoms with van der Waals surface area (Å²) in [5.41, 5.74) is 9.89. The monoisotopic (exact) mass is 269 g/mol. The minimum Gasteiger partial charge on any atom is -0.331 e. The van der Waals surface area contributed by atoms with Gasteiger partial charge in [0.25, 0.3) is 0 Å². The maximum Gasteiger partial charge on any atom is 0.112 e.